The number of H-pyrrole nitrogens is 1. The second-order valence-corrected chi connectivity index (χ2v) is 11.3. The number of hydrogen-bond donors (Lipinski definition) is 4. The van der Waals surface area contributed by atoms with Gasteiger partial charge in [-0.3, -0.25) is 0 Å². The van der Waals surface area contributed by atoms with Crippen molar-refractivity contribution in [3.63, 3.8) is 0 Å². The Labute approximate surface area is 262 Å². The van der Waals surface area contributed by atoms with E-state index >= 15 is 0 Å². The molecule has 0 fully saturated rings. The topological polar surface area (TPSA) is 84.8 Å². The molecule has 220 valence electrons. The molecule has 0 bridgehead atoms. The molecule has 0 amide bonds. The molecule has 1 aliphatic rings. The molecule has 0 saturated carbocycles. The van der Waals surface area contributed by atoms with Gasteiger partial charge in [-0.1, -0.05) is 79.4 Å². The van der Waals surface area contributed by atoms with Crippen LogP contribution >= 0.6 is 0 Å². The van der Waals surface area contributed by atoms with Gasteiger partial charge in [0.05, 0.1) is 17.1 Å². The largest absolute Gasteiger partial charge is 0.404 e. The van der Waals surface area contributed by atoms with Crippen molar-refractivity contribution >= 4 is 43.7 Å². The van der Waals surface area contributed by atoms with Gasteiger partial charge >= 0.3 is 0 Å². The lowest BCUT2D eigenvalue weighted by Crippen LogP contribution is -2.17. The molecule has 7 rings (SSSR count). The Morgan fingerprint density at radius 1 is 0.844 bits per heavy atom. The van der Waals surface area contributed by atoms with Crippen LogP contribution in [0.3, 0.4) is 0 Å². The molecule has 0 saturated heterocycles. The number of benzene rings is 4. The van der Waals surface area contributed by atoms with Gasteiger partial charge in [-0.15, -0.1) is 0 Å². The monoisotopic (exact) mass is 585 g/mol. The minimum atomic E-state index is 0.0350. The number of aromatic nitrogens is 2. The van der Waals surface area contributed by atoms with Crippen molar-refractivity contribution in [1.29, 1.82) is 0 Å². The van der Waals surface area contributed by atoms with Crippen molar-refractivity contribution in [2.45, 2.75) is 13.0 Å². The first-order chi connectivity index (χ1) is 22.1. The second-order valence-electron chi connectivity index (χ2n) is 11.3. The molecule has 1 aliphatic heterocycles. The molecule has 45 heavy (non-hydrogen) atoms. The van der Waals surface area contributed by atoms with Crippen LogP contribution in [0.5, 0.6) is 0 Å². The number of hydrogen-bond acceptors (Lipinski definition) is 3. The normalized spacial score (nSPS) is 15.9. The van der Waals surface area contributed by atoms with E-state index in [2.05, 4.69) is 132 Å². The maximum atomic E-state index is 6.16. The number of rotatable bonds is 7. The van der Waals surface area contributed by atoms with Crippen molar-refractivity contribution in [3.8, 4) is 5.69 Å². The number of para-hydroxylation sites is 1. The fourth-order valence-electron chi connectivity index (χ4n) is 6.34. The summed E-state index contributed by atoms with van der Waals surface area (Å²) in [6.07, 6.45) is 17.4. The molecule has 5 nitrogen and oxygen atoms in total. The molecule has 2 aromatic heterocycles. The van der Waals surface area contributed by atoms with Crippen molar-refractivity contribution in [2.24, 2.45) is 11.5 Å². The maximum Gasteiger partial charge on any atom is 0.0696 e. The lowest BCUT2D eigenvalue weighted by atomic mass is 9.97. The van der Waals surface area contributed by atoms with Gasteiger partial charge in [0.1, 0.15) is 0 Å². The van der Waals surface area contributed by atoms with Crippen LogP contribution in [0, 0.1) is 0 Å². The van der Waals surface area contributed by atoms with Crippen LogP contribution in [0.2, 0.25) is 0 Å². The van der Waals surface area contributed by atoms with Gasteiger partial charge in [0.15, 0.2) is 0 Å². The van der Waals surface area contributed by atoms with Gasteiger partial charge in [-0.25, -0.2) is 0 Å². The fraction of sp³-hybridized carbons (Fsp3) is 0.0500. The van der Waals surface area contributed by atoms with E-state index < -0.39 is 0 Å². The van der Waals surface area contributed by atoms with Crippen LogP contribution < -0.4 is 16.8 Å². The van der Waals surface area contributed by atoms with Crippen molar-refractivity contribution < 1.29 is 0 Å². The minimum absolute atomic E-state index is 0.0350. The fourth-order valence-corrected chi connectivity index (χ4v) is 6.34. The number of nitrogens with zero attached hydrogens (tertiary/aromatic N) is 1. The van der Waals surface area contributed by atoms with Crippen molar-refractivity contribution in [3.05, 3.63) is 175 Å². The summed E-state index contributed by atoms with van der Waals surface area (Å²) < 4.78 is 2.40. The summed E-state index contributed by atoms with van der Waals surface area (Å²) in [6.45, 7) is 5.98. The molecule has 6 aromatic rings. The number of aromatic amines is 1. The van der Waals surface area contributed by atoms with Crippen molar-refractivity contribution in [1.82, 2.24) is 14.9 Å². The summed E-state index contributed by atoms with van der Waals surface area (Å²) >= 11 is 0. The molecule has 6 N–H and O–H groups in total. The van der Waals surface area contributed by atoms with E-state index in [0.717, 1.165) is 50.0 Å². The highest BCUT2D eigenvalue weighted by atomic mass is 15.0. The van der Waals surface area contributed by atoms with Crippen LogP contribution in [0.4, 0.5) is 0 Å². The van der Waals surface area contributed by atoms with Gasteiger partial charge < -0.3 is 26.3 Å². The number of fused-ring (bicyclic) bond motifs is 5. The maximum absolute atomic E-state index is 6.16. The first kappa shape index (κ1) is 27.9. The van der Waals surface area contributed by atoms with E-state index in [9.17, 15) is 0 Å². The standard InChI is InChI=1S/C40H35N5/c1-3-27(22-41)32-12-16-38(44-25-32)30-11-14-36-37-15-10-29-20-28(33(23-42)19-26(2)31-17-18-43-24-31)9-13-35(29)40(37)45(39(36)21-30)34-7-5-4-6-8-34/h3-25,38,43-44H,1,41-42H2,2H3/b26-19+,27-22+,33-23+. The Morgan fingerprint density at radius 3 is 2.36 bits per heavy atom. The van der Waals surface area contributed by atoms with Gasteiger partial charge in [-0.2, -0.15) is 0 Å². The average molecular weight is 586 g/mol. The Kier molecular flexibility index (Phi) is 7.20. The van der Waals surface area contributed by atoms with E-state index in [1.165, 1.54) is 27.2 Å². The Morgan fingerprint density at radius 2 is 1.64 bits per heavy atom. The van der Waals surface area contributed by atoms with Gasteiger partial charge in [0.2, 0.25) is 0 Å². The molecule has 1 unspecified atom stereocenters. The van der Waals surface area contributed by atoms with Gasteiger partial charge in [0, 0.05) is 52.8 Å². The summed E-state index contributed by atoms with van der Waals surface area (Å²) in [5.74, 6) is 0. The Balaban J connectivity index is 1.37. The van der Waals surface area contributed by atoms with Crippen LogP contribution in [-0.2, 0) is 0 Å². The SMILES string of the molecule is C=C/C(=C\N)C1=CNC(c2ccc3c4ccc5cc(C(/C=C(\C)c6cc[nH]c6)=C/N)ccc5c4n(-c4ccccc4)c3c2)C=C1. The summed E-state index contributed by atoms with van der Waals surface area (Å²) in [4.78, 5) is 3.13. The Hall–Kier alpha value is -5.94. The number of nitrogens with one attached hydrogen (secondary N) is 2. The summed E-state index contributed by atoms with van der Waals surface area (Å²) in [5, 5.41) is 8.33. The number of dihydropyridines is 1. The average Bonchev–Trinajstić information content (AvgIpc) is 3.75. The van der Waals surface area contributed by atoms with Gasteiger partial charge in [-0.05, 0) is 87.7 Å². The van der Waals surface area contributed by atoms with Crippen LogP contribution in [0.15, 0.2) is 158 Å². The van der Waals surface area contributed by atoms with Gasteiger partial charge in [0.25, 0.3) is 0 Å². The third kappa shape index (κ3) is 4.94. The molecular weight excluding hydrogens is 550 g/mol. The molecule has 0 radical (unpaired) electrons. The molecular formula is C40H35N5. The number of nitrogens with two attached hydrogens (primary N) is 2. The molecule has 1 atom stereocenters. The predicted molar refractivity (Wildman–Crippen MR) is 190 cm³/mol. The lowest BCUT2D eigenvalue weighted by molar-refractivity contribution is 0.741. The quantitative estimate of drug-likeness (QED) is 0.141. The third-order valence-corrected chi connectivity index (χ3v) is 8.70. The first-order valence-electron chi connectivity index (χ1n) is 15.1. The Bertz CT molecular complexity index is 2220. The molecule has 0 spiro atoms. The van der Waals surface area contributed by atoms with Crippen molar-refractivity contribution in [2.75, 3.05) is 0 Å². The van der Waals surface area contributed by atoms with E-state index in [0.29, 0.717) is 0 Å². The number of allylic oxidation sites excluding steroid dienone is 7. The lowest BCUT2D eigenvalue weighted by Gasteiger charge is -2.20. The summed E-state index contributed by atoms with van der Waals surface area (Å²) in [5.41, 5.74) is 22.9. The van der Waals surface area contributed by atoms with E-state index in [1.807, 2.05) is 18.6 Å². The minimum Gasteiger partial charge on any atom is -0.404 e. The van der Waals surface area contributed by atoms with Crippen LogP contribution in [0.25, 0.3) is 49.4 Å². The molecule has 0 aliphatic carbocycles. The molecule has 4 aromatic carbocycles. The smallest absolute Gasteiger partial charge is 0.0696 e. The summed E-state index contributed by atoms with van der Waals surface area (Å²) in [7, 11) is 0. The highest BCUT2D eigenvalue weighted by Crippen LogP contribution is 2.39. The highest BCUT2D eigenvalue weighted by Gasteiger charge is 2.18. The van der Waals surface area contributed by atoms with E-state index in [1.54, 1.807) is 18.5 Å². The zero-order chi connectivity index (χ0) is 30.9. The second kappa shape index (κ2) is 11.6. The zero-order valence-corrected chi connectivity index (χ0v) is 25.2. The third-order valence-electron chi connectivity index (χ3n) is 8.70. The summed E-state index contributed by atoms with van der Waals surface area (Å²) in [6, 6.07) is 30.6. The van der Waals surface area contributed by atoms with Crippen LogP contribution in [0.1, 0.15) is 29.7 Å². The highest BCUT2D eigenvalue weighted by molar-refractivity contribution is 6.19. The first-order valence-corrected chi connectivity index (χ1v) is 15.1. The zero-order valence-electron chi connectivity index (χ0n) is 25.2. The molecule has 3 heterocycles. The predicted octanol–water partition coefficient (Wildman–Crippen LogP) is 8.78. The molecule has 5 heteroatoms. The van der Waals surface area contributed by atoms with Crippen LogP contribution in [-0.4, -0.2) is 9.55 Å². The van der Waals surface area contributed by atoms with E-state index in [4.69, 9.17) is 11.5 Å². The van der Waals surface area contributed by atoms with E-state index in [-0.39, 0.29) is 6.04 Å².